The Morgan fingerprint density at radius 1 is 1.29 bits per heavy atom. The van der Waals surface area contributed by atoms with E-state index in [1.807, 2.05) is 0 Å². The molecule has 0 aromatic heterocycles. The molecule has 0 aliphatic carbocycles. The third-order valence-corrected chi connectivity index (χ3v) is 3.46. The van der Waals surface area contributed by atoms with Crippen molar-refractivity contribution in [1.29, 1.82) is 0 Å². The molecule has 3 nitrogen and oxygen atoms in total. The van der Waals surface area contributed by atoms with Gasteiger partial charge in [0, 0.05) is 0 Å². The lowest BCUT2D eigenvalue weighted by molar-refractivity contribution is -0.138. The van der Waals surface area contributed by atoms with Crippen molar-refractivity contribution in [2.24, 2.45) is 5.73 Å². The molecule has 0 bridgehead atoms. The number of hydrogen-bond donors (Lipinski definition) is 3. The number of carbonyl (C=O) groups is 1. The van der Waals surface area contributed by atoms with Crippen LogP contribution in [-0.4, -0.2) is 34.4 Å². The van der Waals surface area contributed by atoms with Crippen molar-refractivity contribution in [2.45, 2.75) is 52.0 Å². The number of unbranched alkanes of at least 4 members (excludes halogenated alkanes) is 2. The zero-order chi connectivity index (χ0) is 13.5. The second-order valence-electron chi connectivity index (χ2n) is 3.78. The van der Waals surface area contributed by atoms with Gasteiger partial charge in [0.25, 0.3) is 0 Å². The Labute approximate surface area is 115 Å². The van der Waals surface area contributed by atoms with Gasteiger partial charge in [0.1, 0.15) is 6.04 Å². The van der Waals surface area contributed by atoms with Gasteiger partial charge >= 0.3 is 5.97 Å². The fourth-order valence-corrected chi connectivity index (χ4v) is 2.27. The zero-order valence-corrected chi connectivity index (χ0v) is 12.7. The summed E-state index contributed by atoms with van der Waals surface area (Å²) in [5, 5.41) is 8.45. The number of aliphatic carboxylic acids is 1. The Morgan fingerprint density at radius 3 is 2.24 bits per heavy atom. The molecule has 0 saturated heterocycles. The van der Waals surface area contributed by atoms with E-state index in [0.29, 0.717) is 6.42 Å². The standard InChI is InChI=1S/C8H17NO2S.C4H10S/c1-2-3-5-12-6-4-7(9)8(10)11;1-2-3-4-5/h7H,2-6,9H2,1H3,(H,10,11);5H,2-4H2,1H3/t7-;/m0./s1. The molecule has 1 atom stereocenters. The molecule has 5 heteroatoms. The molecule has 0 unspecified atom stereocenters. The van der Waals surface area contributed by atoms with Crippen LogP contribution >= 0.6 is 24.4 Å². The van der Waals surface area contributed by atoms with E-state index < -0.39 is 12.0 Å². The lowest BCUT2D eigenvalue weighted by Crippen LogP contribution is -2.30. The summed E-state index contributed by atoms with van der Waals surface area (Å²) in [5.74, 6) is 2.11. The third-order valence-electron chi connectivity index (χ3n) is 2.04. The molecule has 0 heterocycles. The highest BCUT2D eigenvalue weighted by atomic mass is 32.2. The van der Waals surface area contributed by atoms with E-state index in [1.165, 1.54) is 25.7 Å². The van der Waals surface area contributed by atoms with E-state index in [9.17, 15) is 4.79 Å². The van der Waals surface area contributed by atoms with Crippen LogP contribution in [-0.2, 0) is 4.79 Å². The molecule has 0 saturated carbocycles. The van der Waals surface area contributed by atoms with Gasteiger partial charge in [-0.1, -0.05) is 26.7 Å². The van der Waals surface area contributed by atoms with Crippen LogP contribution in [0.5, 0.6) is 0 Å². The number of rotatable bonds is 9. The summed E-state index contributed by atoms with van der Waals surface area (Å²) >= 11 is 5.78. The quantitative estimate of drug-likeness (QED) is 0.449. The van der Waals surface area contributed by atoms with Crippen LogP contribution in [0.25, 0.3) is 0 Å². The summed E-state index contributed by atoms with van der Waals surface area (Å²) in [6.45, 7) is 4.31. The van der Waals surface area contributed by atoms with Crippen molar-refractivity contribution in [3.63, 3.8) is 0 Å². The summed E-state index contributed by atoms with van der Waals surface area (Å²) in [7, 11) is 0. The fourth-order valence-electron chi connectivity index (χ4n) is 0.840. The highest BCUT2D eigenvalue weighted by Gasteiger charge is 2.09. The first-order chi connectivity index (χ1) is 8.09. The Bertz CT molecular complexity index is 167. The van der Waals surface area contributed by atoms with Crippen LogP contribution in [0.2, 0.25) is 0 Å². The van der Waals surface area contributed by atoms with Crippen LogP contribution in [0, 0.1) is 0 Å². The van der Waals surface area contributed by atoms with Crippen molar-refractivity contribution >= 4 is 30.4 Å². The van der Waals surface area contributed by atoms with Crippen LogP contribution in [0.15, 0.2) is 0 Å². The smallest absolute Gasteiger partial charge is 0.320 e. The first-order valence-corrected chi connectivity index (χ1v) is 8.05. The molecule has 0 radical (unpaired) electrons. The van der Waals surface area contributed by atoms with Gasteiger partial charge in [0.15, 0.2) is 0 Å². The Balaban J connectivity index is 0. The molecule has 0 aromatic rings. The molecule has 104 valence electrons. The van der Waals surface area contributed by atoms with Crippen molar-refractivity contribution in [2.75, 3.05) is 17.3 Å². The molecule has 0 fully saturated rings. The minimum absolute atomic E-state index is 0.573. The van der Waals surface area contributed by atoms with Crippen molar-refractivity contribution in [3.8, 4) is 0 Å². The number of hydrogen-bond acceptors (Lipinski definition) is 4. The van der Waals surface area contributed by atoms with Gasteiger partial charge in [-0.2, -0.15) is 24.4 Å². The fraction of sp³-hybridized carbons (Fsp3) is 0.917. The van der Waals surface area contributed by atoms with Gasteiger partial charge in [-0.25, -0.2) is 0 Å². The predicted octanol–water partition coefficient (Wildman–Crippen LogP) is 3.04. The first kappa shape index (κ1) is 19.5. The summed E-state index contributed by atoms with van der Waals surface area (Å²) in [6, 6.07) is -0.681. The number of thiol groups is 1. The van der Waals surface area contributed by atoms with Gasteiger partial charge in [0.2, 0.25) is 0 Å². The Hall–Kier alpha value is 0.130. The SMILES string of the molecule is CCCCS.CCCCSCC[C@H](N)C(=O)O. The van der Waals surface area contributed by atoms with Gasteiger partial charge in [0.05, 0.1) is 0 Å². The summed E-state index contributed by atoms with van der Waals surface area (Å²) in [4.78, 5) is 10.3. The Morgan fingerprint density at radius 2 is 1.88 bits per heavy atom. The molecule has 3 N–H and O–H groups in total. The normalized spacial score (nSPS) is 11.5. The predicted molar refractivity (Wildman–Crippen MR) is 81.2 cm³/mol. The third kappa shape index (κ3) is 18.7. The number of nitrogens with two attached hydrogens (primary N) is 1. The lowest BCUT2D eigenvalue weighted by Gasteiger charge is -2.04. The van der Waals surface area contributed by atoms with Crippen LogP contribution in [0.3, 0.4) is 0 Å². The van der Waals surface area contributed by atoms with Gasteiger partial charge in [-0.3, -0.25) is 4.79 Å². The summed E-state index contributed by atoms with van der Waals surface area (Å²) < 4.78 is 0. The van der Waals surface area contributed by atoms with E-state index in [2.05, 4.69) is 26.5 Å². The maximum atomic E-state index is 10.3. The molecule has 0 aliphatic rings. The largest absolute Gasteiger partial charge is 0.480 e. The molecule has 17 heavy (non-hydrogen) atoms. The molecular formula is C12H27NO2S2. The zero-order valence-electron chi connectivity index (χ0n) is 11.0. The molecule has 0 spiro atoms. The Kier molecular flexibility index (Phi) is 18.5. The second-order valence-corrected chi connectivity index (χ2v) is 5.45. The van der Waals surface area contributed by atoms with Crippen molar-refractivity contribution < 1.29 is 9.90 Å². The van der Waals surface area contributed by atoms with Gasteiger partial charge < -0.3 is 10.8 Å². The maximum absolute atomic E-state index is 10.3. The highest BCUT2D eigenvalue weighted by Crippen LogP contribution is 2.06. The summed E-state index contributed by atoms with van der Waals surface area (Å²) in [6.07, 6.45) is 5.49. The van der Waals surface area contributed by atoms with Crippen LogP contribution in [0.1, 0.15) is 46.0 Å². The topological polar surface area (TPSA) is 63.3 Å². The number of carboxylic acids is 1. The average Bonchev–Trinajstić information content (AvgIpc) is 2.30. The first-order valence-electron chi connectivity index (χ1n) is 6.27. The monoisotopic (exact) mass is 281 g/mol. The number of thioether (sulfide) groups is 1. The van der Waals surface area contributed by atoms with Crippen molar-refractivity contribution in [1.82, 2.24) is 0 Å². The second kappa shape index (κ2) is 16.1. The lowest BCUT2D eigenvalue weighted by atomic mass is 10.2. The average molecular weight is 281 g/mol. The molecular weight excluding hydrogens is 254 g/mol. The van der Waals surface area contributed by atoms with Gasteiger partial charge in [-0.15, -0.1) is 0 Å². The van der Waals surface area contributed by atoms with Crippen LogP contribution < -0.4 is 5.73 Å². The number of carboxylic acid groups (broad SMARTS) is 1. The minimum atomic E-state index is -0.897. The van der Waals surface area contributed by atoms with Gasteiger partial charge in [-0.05, 0) is 36.5 Å². The van der Waals surface area contributed by atoms with E-state index in [1.54, 1.807) is 11.8 Å². The van der Waals surface area contributed by atoms with E-state index in [4.69, 9.17) is 10.8 Å². The van der Waals surface area contributed by atoms with Crippen LogP contribution in [0.4, 0.5) is 0 Å². The maximum Gasteiger partial charge on any atom is 0.320 e. The van der Waals surface area contributed by atoms with Crippen molar-refractivity contribution in [3.05, 3.63) is 0 Å². The van der Waals surface area contributed by atoms with E-state index in [-0.39, 0.29) is 0 Å². The molecule has 0 rings (SSSR count). The minimum Gasteiger partial charge on any atom is -0.480 e. The molecule has 0 aliphatic heterocycles. The molecule has 0 aromatic carbocycles. The molecule has 0 amide bonds. The van der Waals surface area contributed by atoms with E-state index >= 15 is 0 Å². The summed E-state index contributed by atoms with van der Waals surface area (Å²) in [5.41, 5.74) is 5.32. The highest BCUT2D eigenvalue weighted by molar-refractivity contribution is 7.99. The van der Waals surface area contributed by atoms with E-state index in [0.717, 1.165) is 17.3 Å².